The standard InChI is InChI=1S/C18H19FN2O3S/c1-2-24-16(22)10-21-15-5-3-4-14(15)17(23)20-18(21)25-11-12-6-8-13(19)9-7-12/h6-9H,2-5,10-11H2,1H3. The Morgan fingerprint density at radius 3 is 2.80 bits per heavy atom. The number of hydrogen-bond donors (Lipinski definition) is 0. The van der Waals surface area contributed by atoms with Crippen LogP contribution in [-0.4, -0.2) is 22.1 Å². The van der Waals surface area contributed by atoms with Gasteiger partial charge in [0.25, 0.3) is 5.56 Å². The van der Waals surface area contributed by atoms with E-state index in [1.165, 1.54) is 23.9 Å². The minimum absolute atomic E-state index is 0.0508. The van der Waals surface area contributed by atoms with Gasteiger partial charge in [0.2, 0.25) is 0 Å². The van der Waals surface area contributed by atoms with Crippen LogP contribution in [0.25, 0.3) is 0 Å². The van der Waals surface area contributed by atoms with Crippen molar-refractivity contribution in [2.24, 2.45) is 0 Å². The molecule has 1 aromatic carbocycles. The zero-order valence-corrected chi connectivity index (χ0v) is 14.8. The van der Waals surface area contributed by atoms with Gasteiger partial charge in [0, 0.05) is 17.0 Å². The normalized spacial score (nSPS) is 12.9. The fourth-order valence-corrected chi connectivity index (χ4v) is 3.89. The highest BCUT2D eigenvalue weighted by atomic mass is 32.2. The van der Waals surface area contributed by atoms with Crippen molar-refractivity contribution in [2.45, 2.75) is 43.6 Å². The largest absolute Gasteiger partial charge is 0.465 e. The Balaban J connectivity index is 1.88. The molecule has 132 valence electrons. The maximum absolute atomic E-state index is 13.0. The summed E-state index contributed by atoms with van der Waals surface area (Å²) < 4.78 is 19.9. The number of aromatic nitrogens is 2. The van der Waals surface area contributed by atoms with Gasteiger partial charge < -0.3 is 9.30 Å². The maximum Gasteiger partial charge on any atom is 0.326 e. The molecule has 0 unspecified atom stereocenters. The second kappa shape index (κ2) is 7.82. The molecule has 2 aromatic rings. The Morgan fingerprint density at radius 2 is 2.08 bits per heavy atom. The molecule has 0 spiro atoms. The average molecular weight is 362 g/mol. The second-order valence-electron chi connectivity index (χ2n) is 5.78. The molecular formula is C18H19FN2O3S. The molecule has 1 aliphatic carbocycles. The van der Waals surface area contributed by atoms with Crippen LogP contribution in [0.2, 0.25) is 0 Å². The number of carbonyl (C=O) groups is 1. The zero-order chi connectivity index (χ0) is 17.8. The van der Waals surface area contributed by atoms with Gasteiger partial charge in [-0.1, -0.05) is 23.9 Å². The predicted molar refractivity (Wildman–Crippen MR) is 93.1 cm³/mol. The van der Waals surface area contributed by atoms with Gasteiger partial charge in [0.1, 0.15) is 12.4 Å². The smallest absolute Gasteiger partial charge is 0.326 e. The highest BCUT2D eigenvalue weighted by Crippen LogP contribution is 2.26. The van der Waals surface area contributed by atoms with E-state index in [-0.39, 0.29) is 23.9 Å². The van der Waals surface area contributed by atoms with Crippen molar-refractivity contribution in [3.05, 3.63) is 57.3 Å². The molecule has 3 rings (SSSR count). The van der Waals surface area contributed by atoms with Crippen molar-refractivity contribution in [2.75, 3.05) is 6.61 Å². The Kier molecular flexibility index (Phi) is 5.53. The Labute approximate surface area is 149 Å². The number of hydrogen-bond acceptors (Lipinski definition) is 5. The second-order valence-corrected chi connectivity index (χ2v) is 6.73. The van der Waals surface area contributed by atoms with Crippen LogP contribution in [0.1, 0.15) is 30.2 Å². The third-order valence-electron chi connectivity index (χ3n) is 4.07. The summed E-state index contributed by atoms with van der Waals surface area (Å²) in [5.74, 6) is -0.0942. The fraction of sp³-hybridized carbons (Fsp3) is 0.389. The lowest BCUT2D eigenvalue weighted by molar-refractivity contribution is -0.144. The summed E-state index contributed by atoms with van der Waals surface area (Å²) in [7, 11) is 0. The van der Waals surface area contributed by atoms with E-state index in [0.717, 1.165) is 24.1 Å². The predicted octanol–water partition coefficient (Wildman–Crippen LogP) is 2.73. The van der Waals surface area contributed by atoms with Crippen molar-refractivity contribution in [3.8, 4) is 0 Å². The molecule has 0 fully saturated rings. The van der Waals surface area contributed by atoms with Crippen LogP contribution in [0.15, 0.2) is 34.2 Å². The van der Waals surface area contributed by atoms with Crippen LogP contribution in [0.3, 0.4) is 0 Å². The molecule has 1 aliphatic rings. The quantitative estimate of drug-likeness (QED) is 0.449. The van der Waals surface area contributed by atoms with Crippen LogP contribution in [-0.2, 0) is 34.7 Å². The van der Waals surface area contributed by atoms with Crippen LogP contribution in [0.4, 0.5) is 4.39 Å². The Morgan fingerprint density at radius 1 is 1.32 bits per heavy atom. The Hall–Kier alpha value is -2.15. The summed E-state index contributed by atoms with van der Waals surface area (Å²) in [6, 6.07) is 6.20. The lowest BCUT2D eigenvalue weighted by Crippen LogP contribution is -2.25. The number of carbonyl (C=O) groups excluding carboxylic acids is 1. The molecule has 0 saturated carbocycles. The molecule has 0 saturated heterocycles. The minimum atomic E-state index is -0.342. The van der Waals surface area contributed by atoms with E-state index in [9.17, 15) is 14.0 Å². The zero-order valence-electron chi connectivity index (χ0n) is 14.0. The summed E-state index contributed by atoms with van der Waals surface area (Å²) in [6.45, 7) is 2.12. The molecule has 5 nitrogen and oxygen atoms in total. The van der Waals surface area contributed by atoms with Crippen LogP contribution < -0.4 is 5.56 Å². The number of ether oxygens (including phenoxy) is 1. The number of esters is 1. The number of benzene rings is 1. The highest BCUT2D eigenvalue weighted by Gasteiger charge is 2.23. The molecule has 1 heterocycles. The summed E-state index contributed by atoms with van der Waals surface area (Å²) in [6.07, 6.45) is 2.35. The third-order valence-corrected chi connectivity index (χ3v) is 5.12. The lowest BCUT2D eigenvalue weighted by atomic mass is 10.2. The number of halogens is 1. The van der Waals surface area contributed by atoms with E-state index < -0.39 is 0 Å². The first-order valence-electron chi connectivity index (χ1n) is 8.24. The SMILES string of the molecule is CCOC(=O)Cn1c(SCc2ccc(F)cc2)nc(=O)c2c1CCC2. The van der Waals surface area contributed by atoms with Crippen molar-refractivity contribution in [3.63, 3.8) is 0 Å². The molecular weight excluding hydrogens is 343 g/mol. The highest BCUT2D eigenvalue weighted by molar-refractivity contribution is 7.98. The van der Waals surface area contributed by atoms with Crippen LogP contribution >= 0.6 is 11.8 Å². The van der Waals surface area contributed by atoms with E-state index in [0.29, 0.717) is 29.5 Å². The molecule has 7 heteroatoms. The summed E-state index contributed by atoms with van der Waals surface area (Å²) in [5.41, 5.74) is 2.29. The van der Waals surface area contributed by atoms with Crippen molar-refractivity contribution >= 4 is 17.7 Å². The molecule has 0 aliphatic heterocycles. The van der Waals surface area contributed by atoms with Gasteiger partial charge in [0.15, 0.2) is 5.16 Å². The minimum Gasteiger partial charge on any atom is -0.465 e. The first kappa shape index (κ1) is 17.7. The van der Waals surface area contributed by atoms with Crippen molar-refractivity contribution in [1.82, 2.24) is 9.55 Å². The summed E-state index contributed by atoms with van der Waals surface area (Å²) >= 11 is 1.37. The monoisotopic (exact) mass is 362 g/mol. The molecule has 0 amide bonds. The first-order valence-corrected chi connectivity index (χ1v) is 9.22. The molecule has 0 atom stereocenters. The third kappa shape index (κ3) is 4.10. The average Bonchev–Trinajstić information content (AvgIpc) is 3.08. The van der Waals surface area contributed by atoms with E-state index in [2.05, 4.69) is 4.98 Å². The number of thioether (sulfide) groups is 1. The summed E-state index contributed by atoms with van der Waals surface area (Å²) in [4.78, 5) is 28.4. The first-order chi connectivity index (χ1) is 12.1. The number of rotatable bonds is 6. The number of fused-ring (bicyclic) bond motifs is 1. The molecule has 25 heavy (non-hydrogen) atoms. The van der Waals surface area contributed by atoms with Crippen LogP contribution in [0, 0.1) is 5.82 Å². The molecule has 0 bridgehead atoms. The van der Waals surface area contributed by atoms with E-state index in [1.807, 2.05) is 0 Å². The summed E-state index contributed by atoms with van der Waals surface area (Å²) in [5, 5.41) is 0.503. The Bertz CT molecular complexity index is 833. The van der Waals surface area contributed by atoms with Crippen LogP contribution in [0.5, 0.6) is 0 Å². The van der Waals surface area contributed by atoms with Crippen molar-refractivity contribution in [1.29, 1.82) is 0 Å². The van der Waals surface area contributed by atoms with Gasteiger partial charge in [-0.15, -0.1) is 0 Å². The topological polar surface area (TPSA) is 61.2 Å². The van der Waals surface area contributed by atoms with Gasteiger partial charge in [-0.25, -0.2) is 4.39 Å². The molecule has 0 N–H and O–H groups in total. The molecule has 0 radical (unpaired) electrons. The fourth-order valence-electron chi connectivity index (χ4n) is 2.92. The van der Waals surface area contributed by atoms with Crippen molar-refractivity contribution < 1.29 is 13.9 Å². The van der Waals surface area contributed by atoms with Gasteiger partial charge in [-0.05, 0) is 43.9 Å². The van der Waals surface area contributed by atoms with E-state index >= 15 is 0 Å². The molecule has 1 aromatic heterocycles. The van der Waals surface area contributed by atoms with Gasteiger partial charge in [-0.3, -0.25) is 9.59 Å². The van der Waals surface area contributed by atoms with E-state index in [1.54, 1.807) is 23.6 Å². The number of nitrogens with zero attached hydrogens (tertiary/aromatic N) is 2. The van der Waals surface area contributed by atoms with E-state index in [4.69, 9.17) is 4.74 Å². The lowest BCUT2D eigenvalue weighted by Gasteiger charge is -2.16. The van der Waals surface area contributed by atoms with Gasteiger partial charge >= 0.3 is 5.97 Å². The van der Waals surface area contributed by atoms with Gasteiger partial charge in [-0.2, -0.15) is 4.98 Å². The van der Waals surface area contributed by atoms with Gasteiger partial charge in [0.05, 0.1) is 6.61 Å². The maximum atomic E-state index is 13.0.